The maximum atomic E-state index is 11.5. The van der Waals surface area contributed by atoms with Gasteiger partial charge in [0, 0.05) is 24.0 Å². The molecule has 0 aromatic heterocycles. The molecular weight excluding hydrogens is 218 g/mol. The monoisotopic (exact) mass is 237 g/mol. The molecule has 0 bridgehead atoms. The van der Waals surface area contributed by atoms with Gasteiger partial charge in [-0.15, -0.1) is 0 Å². The van der Waals surface area contributed by atoms with Gasteiger partial charge in [0.1, 0.15) is 0 Å². The number of rotatable bonds is 3. The molecule has 1 rings (SSSR count). The van der Waals surface area contributed by atoms with E-state index in [4.69, 9.17) is 0 Å². The zero-order valence-electron chi connectivity index (χ0n) is 9.90. The minimum atomic E-state index is 0.158. The molecule has 0 aromatic carbocycles. The van der Waals surface area contributed by atoms with E-state index in [-0.39, 0.29) is 11.2 Å². The molecule has 1 atom stereocenters. The van der Waals surface area contributed by atoms with Gasteiger partial charge in [-0.2, -0.15) is 11.8 Å². The molecular formula is C13H19NOS. The molecule has 0 aliphatic carbocycles. The maximum Gasteiger partial charge on any atom is 0.221 e. The lowest BCUT2D eigenvalue weighted by Crippen LogP contribution is -2.24. The summed E-state index contributed by atoms with van der Waals surface area (Å²) in [4.78, 5) is 11.5. The van der Waals surface area contributed by atoms with Crippen molar-refractivity contribution in [2.45, 2.75) is 25.5 Å². The first kappa shape index (κ1) is 13.1. The van der Waals surface area contributed by atoms with Crippen molar-refractivity contribution in [2.75, 3.05) is 12.3 Å². The Hall–Kier alpha value is -0.960. The van der Waals surface area contributed by atoms with Gasteiger partial charge in [0.15, 0.2) is 0 Å². The molecule has 3 heteroatoms. The molecule has 1 unspecified atom stereocenters. The number of hydrogen-bond donors (Lipinski definition) is 1. The van der Waals surface area contributed by atoms with Gasteiger partial charge >= 0.3 is 0 Å². The van der Waals surface area contributed by atoms with Crippen LogP contribution in [0.4, 0.5) is 0 Å². The number of nitrogens with one attached hydrogen (secondary N) is 1. The van der Waals surface area contributed by atoms with Crippen LogP contribution < -0.4 is 5.32 Å². The Morgan fingerprint density at radius 3 is 2.94 bits per heavy atom. The fourth-order valence-electron chi connectivity index (χ4n) is 1.58. The third-order valence-corrected chi connectivity index (χ3v) is 3.61. The number of allylic oxidation sites excluding steroid dienone is 5. The van der Waals surface area contributed by atoms with Gasteiger partial charge in [0.25, 0.3) is 0 Å². The smallest absolute Gasteiger partial charge is 0.221 e. The summed E-state index contributed by atoms with van der Waals surface area (Å²) in [6, 6.07) is 0. The van der Waals surface area contributed by atoms with Crippen molar-refractivity contribution < 1.29 is 4.79 Å². The Labute approximate surface area is 102 Å². The minimum Gasteiger partial charge on any atom is -0.355 e. The Morgan fingerprint density at radius 2 is 2.25 bits per heavy atom. The van der Waals surface area contributed by atoms with Crippen LogP contribution in [0.3, 0.4) is 0 Å². The normalized spacial score (nSPS) is 23.8. The highest BCUT2D eigenvalue weighted by Crippen LogP contribution is 2.25. The molecule has 1 fully saturated rings. The second-order valence-electron chi connectivity index (χ2n) is 3.61. The molecule has 0 spiro atoms. The lowest BCUT2D eigenvalue weighted by atomic mass is 10.1. The van der Waals surface area contributed by atoms with Crippen LogP contribution in [0.25, 0.3) is 0 Å². The van der Waals surface area contributed by atoms with E-state index in [1.54, 1.807) is 0 Å². The molecule has 1 aliphatic heterocycles. The van der Waals surface area contributed by atoms with Crippen LogP contribution in [0.2, 0.25) is 0 Å². The van der Waals surface area contributed by atoms with Crippen molar-refractivity contribution in [3.63, 3.8) is 0 Å². The second kappa shape index (κ2) is 7.34. The predicted molar refractivity (Wildman–Crippen MR) is 71.6 cm³/mol. The molecule has 88 valence electrons. The highest BCUT2D eigenvalue weighted by molar-refractivity contribution is 8.00. The van der Waals surface area contributed by atoms with Crippen LogP contribution in [0.5, 0.6) is 0 Å². The first-order valence-corrected chi connectivity index (χ1v) is 6.66. The van der Waals surface area contributed by atoms with E-state index in [1.807, 2.05) is 43.8 Å². The predicted octanol–water partition coefficient (Wildman–Crippen LogP) is 2.69. The van der Waals surface area contributed by atoms with Crippen molar-refractivity contribution in [3.05, 3.63) is 36.0 Å². The Kier molecular flexibility index (Phi) is 6.01. The van der Waals surface area contributed by atoms with E-state index < -0.39 is 0 Å². The molecule has 0 aromatic rings. The van der Waals surface area contributed by atoms with Crippen LogP contribution >= 0.6 is 11.8 Å². The fourth-order valence-corrected chi connectivity index (χ4v) is 2.70. The van der Waals surface area contributed by atoms with Gasteiger partial charge in [0.2, 0.25) is 5.91 Å². The molecule has 1 aliphatic rings. The first-order chi connectivity index (χ1) is 7.77. The second-order valence-corrected chi connectivity index (χ2v) is 4.92. The van der Waals surface area contributed by atoms with Crippen LogP contribution in [0.15, 0.2) is 36.0 Å². The Bertz CT molecular complexity index is 318. The van der Waals surface area contributed by atoms with Crippen molar-refractivity contribution in [1.29, 1.82) is 0 Å². The molecule has 0 saturated carbocycles. The van der Waals surface area contributed by atoms with Crippen molar-refractivity contribution in [1.82, 2.24) is 5.32 Å². The van der Waals surface area contributed by atoms with E-state index in [1.165, 1.54) is 5.57 Å². The quantitative estimate of drug-likeness (QED) is 0.765. The van der Waals surface area contributed by atoms with Crippen molar-refractivity contribution in [3.8, 4) is 0 Å². The van der Waals surface area contributed by atoms with Crippen LogP contribution in [0, 0.1) is 0 Å². The number of carbonyl (C=O) groups excluding carboxylic acids is 1. The van der Waals surface area contributed by atoms with Gasteiger partial charge in [-0.1, -0.05) is 30.4 Å². The minimum absolute atomic E-state index is 0.158. The van der Waals surface area contributed by atoms with Crippen molar-refractivity contribution >= 4 is 17.7 Å². The van der Waals surface area contributed by atoms with Gasteiger partial charge < -0.3 is 5.32 Å². The topological polar surface area (TPSA) is 29.1 Å². The van der Waals surface area contributed by atoms with Crippen LogP contribution in [-0.4, -0.2) is 23.5 Å². The van der Waals surface area contributed by atoms with Gasteiger partial charge in [-0.25, -0.2) is 0 Å². The summed E-state index contributed by atoms with van der Waals surface area (Å²) in [5.74, 6) is 1.15. The molecule has 0 radical (unpaired) electrons. The van der Waals surface area contributed by atoms with Crippen LogP contribution in [-0.2, 0) is 4.79 Å². The van der Waals surface area contributed by atoms with E-state index in [9.17, 15) is 4.79 Å². The third kappa shape index (κ3) is 4.27. The average molecular weight is 237 g/mol. The van der Waals surface area contributed by atoms with Gasteiger partial charge in [-0.05, 0) is 19.4 Å². The number of amides is 1. The third-order valence-electron chi connectivity index (χ3n) is 2.33. The zero-order valence-corrected chi connectivity index (χ0v) is 10.7. The molecule has 1 saturated heterocycles. The molecule has 1 amide bonds. The molecule has 1 N–H and O–H groups in total. The highest BCUT2D eigenvalue weighted by Gasteiger charge is 2.19. The van der Waals surface area contributed by atoms with E-state index in [0.717, 1.165) is 12.3 Å². The molecule has 2 nitrogen and oxygen atoms in total. The zero-order chi connectivity index (χ0) is 11.8. The lowest BCUT2D eigenvalue weighted by Gasteiger charge is -2.13. The average Bonchev–Trinajstić information content (AvgIpc) is 2.49. The lowest BCUT2D eigenvalue weighted by molar-refractivity contribution is -0.120. The van der Waals surface area contributed by atoms with Gasteiger partial charge in [-0.3, -0.25) is 4.79 Å². The summed E-state index contributed by atoms with van der Waals surface area (Å²) >= 11 is 1.85. The van der Waals surface area contributed by atoms with Crippen molar-refractivity contribution in [2.24, 2.45) is 0 Å². The standard InChI is InChI=1S/C13H19NOS/c1-3-5-7-11(6-4-2)12-10-13(15)14-8-9-16-12/h3-7,12H,8-10H2,1-2H3,(H,14,15)/b5-3-,6-4-,11-7+. The summed E-state index contributed by atoms with van der Waals surface area (Å²) in [6.07, 6.45) is 10.8. The summed E-state index contributed by atoms with van der Waals surface area (Å²) in [6.45, 7) is 4.79. The van der Waals surface area contributed by atoms with E-state index >= 15 is 0 Å². The molecule has 16 heavy (non-hydrogen) atoms. The fraction of sp³-hybridized carbons (Fsp3) is 0.462. The highest BCUT2D eigenvalue weighted by atomic mass is 32.2. The molecule has 1 heterocycles. The summed E-state index contributed by atoms with van der Waals surface area (Å²) in [5.41, 5.74) is 1.22. The number of thioether (sulfide) groups is 1. The Morgan fingerprint density at radius 1 is 1.44 bits per heavy atom. The SMILES string of the molecule is C\C=C/C=C(\C=C/C)C1CC(=O)NCCS1. The summed E-state index contributed by atoms with van der Waals surface area (Å²) in [7, 11) is 0. The first-order valence-electron chi connectivity index (χ1n) is 5.61. The Balaban J connectivity index is 2.79. The number of hydrogen-bond acceptors (Lipinski definition) is 2. The maximum absolute atomic E-state index is 11.5. The van der Waals surface area contributed by atoms with Crippen LogP contribution in [0.1, 0.15) is 20.3 Å². The number of carbonyl (C=O) groups is 1. The summed E-state index contributed by atoms with van der Waals surface area (Å²) < 4.78 is 0. The largest absolute Gasteiger partial charge is 0.355 e. The van der Waals surface area contributed by atoms with Gasteiger partial charge in [0.05, 0.1) is 0 Å². The van der Waals surface area contributed by atoms with E-state index in [2.05, 4.69) is 17.5 Å². The van der Waals surface area contributed by atoms with E-state index in [0.29, 0.717) is 6.42 Å². The summed E-state index contributed by atoms with van der Waals surface area (Å²) in [5, 5.41) is 3.19.